The van der Waals surface area contributed by atoms with Crippen molar-refractivity contribution in [2.24, 2.45) is 0 Å². The van der Waals surface area contributed by atoms with Crippen molar-refractivity contribution in [3.63, 3.8) is 0 Å². The van der Waals surface area contributed by atoms with Crippen molar-refractivity contribution in [2.45, 2.75) is 25.1 Å². The molecule has 2 aromatic heterocycles. The molecule has 0 radical (unpaired) electrons. The van der Waals surface area contributed by atoms with Crippen molar-refractivity contribution >= 4 is 21.4 Å². The Kier molecular flexibility index (Phi) is 4.35. The highest BCUT2D eigenvalue weighted by molar-refractivity contribution is 7.89. The van der Waals surface area contributed by atoms with E-state index in [9.17, 15) is 8.42 Å². The molecule has 0 spiro atoms. The van der Waals surface area contributed by atoms with Crippen LogP contribution in [0.4, 0.5) is 0 Å². The molecule has 0 aromatic carbocycles. The van der Waals surface area contributed by atoms with Crippen LogP contribution in [-0.2, 0) is 23.1 Å². The molecule has 0 bridgehead atoms. The molecular formula is C11H15N3O3S2. The minimum atomic E-state index is -3.62. The van der Waals surface area contributed by atoms with E-state index in [0.717, 1.165) is 10.7 Å². The maximum Gasteiger partial charge on any atom is 0.274 e. The molecule has 0 saturated heterocycles. The van der Waals surface area contributed by atoms with Crippen molar-refractivity contribution in [1.29, 1.82) is 0 Å². The Morgan fingerprint density at radius 1 is 1.37 bits per heavy atom. The normalized spacial score (nSPS) is 11.9. The number of nitrogens with zero attached hydrogens (tertiary/aromatic N) is 1. The van der Waals surface area contributed by atoms with Crippen molar-refractivity contribution in [3.8, 4) is 0 Å². The van der Waals surface area contributed by atoms with Gasteiger partial charge in [-0.25, -0.2) is 18.1 Å². The first-order valence-electron chi connectivity index (χ1n) is 5.65. The van der Waals surface area contributed by atoms with Crippen LogP contribution in [0.5, 0.6) is 0 Å². The molecule has 2 aromatic rings. The number of hydrogen-bond acceptors (Lipinski definition) is 6. The van der Waals surface area contributed by atoms with Crippen LogP contribution in [-0.4, -0.2) is 20.4 Å². The monoisotopic (exact) mass is 301 g/mol. The van der Waals surface area contributed by atoms with Gasteiger partial charge in [-0.3, -0.25) is 0 Å². The molecule has 104 valence electrons. The number of rotatable bonds is 6. The zero-order valence-corrected chi connectivity index (χ0v) is 12.3. The predicted molar refractivity (Wildman–Crippen MR) is 72.3 cm³/mol. The summed E-state index contributed by atoms with van der Waals surface area (Å²) in [6.07, 6.45) is 0. The molecule has 0 atom stereocenters. The van der Waals surface area contributed by atoms with Gasteiger partial charge in [-0.2, -0.15) is 0 Å². The third-order valence-corrected chi connectivity index (χ3v) is 4.57. The average molecular weight is 301 g/mol. The van der Waals surface area contributed by atoms with Gasteiger partial charge in [0.25, 0.3) is 10.0 Å². The fraction of sp³-hybridized carbons (Fsp3) is 0.364. The smallest absolute Gasteiger partial charge is 0.274 e. The molecule has 0 amide bonds. The zero-order valence-electron chi connectivity index (χ0n) is 10.6. The predicted octanol–water partition coefficient (Wildman–Crippen LogP) is 1.24. The minimum absolute atomic E-state index is 0.0778. The SMILES string of the molecule is CNCc1ccc(S(=O)(=O)NCc2nc(C)cs2)o1. The number of aryl methyl sites for hydroxylation is 1. The summed E-state index contributed by atoms with van der Waals surface area (Å²) in [7, 11) is -1.86. The first kappa shape index (κ1) is 14.2. The lowest BCUT2D eigenvalue weighted by molar-refractivity contribution is 0.404. The first-order chi connectivity index (χ1) is 9.01. The van der Waals surface area contributed by atoms with Crippen LogP contribution in [0.3, 0.4) is 0 Å². The number of aromatic nitrogens is 1. The van der Waals surface area contributed by atoms with E-state index < -0.39 is 10.0 Å². The average Bonchev–Trinajstić information content (AvgIpc) is 2.97. The lowest BCUT2D eigenvalue weighted by Gasteiger charge is -2.01. The summed E-state index contributed by atoms with van der Waals surface area (Å²) in [5.74, 6) is 0.577. The van der Waals surface area contributed by atoms with Gasteiger partial charge in [-0.15, -0.1) is 11.3 Å². The molecule has 8 heteroatoms. The van der Waals surface area contributed by atoms with Crippen LogP contribution in [0.15, 0.2) is 27.0 Å². The Labute approximate surface area is 115 Å². The van der Waals surface area contributed by atoms with Crippen LogP contribution >= 0.6 is 11.3 Å². The van der Waals surface area contributed by atoms with Gasteiger partial charge in [0.1, 0.15) is 10.8 Å². The van der Waals surface area contributed by atoms with Gasteiger partial charge in [0.2, 0.25) is 5.09 Å². The van der Waals surface area contributed by atoms with Crippen LogP contribution in [0.1, 0.15) is 16.5 Å². The molecule has 0 aliphatic heterocycles. The molecular weight excluding hydrogens is 286 g/mol. The summed E-state index contributed by atoms with van der Waals surface area (Å²) in [5, 5.41) is 5.42. The Bertz CT molecular complexity index is 646. The third kappa shape index (κ3) is 3.63. The van der Waals surface area contributed by atoms with Crippen molar-refractivity contribution in [1.82, 2.24) is 15.0 Å². The summed E-state index contributed by atoms with van der Waals surface area (Å²) in [6, 6.07) is 3.08. The highest BCUT2D eigenvalue weighted by Gasteiger charge is 2.18. The van der Waals surface area contributed by atoms with Gasteiger partial charge in [0, 0.05) is 11.1 Å². The molecule has 19 heavy (non-hydrogen) atoms. The highest BCUT2D eigenvalue weighted by atomic mass is 32.2. The Morgan fingerprint density at radius 2 is 2.16 bits per heavy atom. The molecule has 6 nitrogen and oxygen atoms in total. The van der Waals surface area contributed by atoms with Gasteiger partial charge >= 0.3 is 0 Å². The lowest BCUT2D eigenvalue weighted by atomic mass is 10.4. The molecule has 0 unspecified atom stereocenters. The maximum atomic E-state index is 12.0. The van der Waals surface area contributed by atoms with Crippen molar-refractivity contribution < 1.29 is 12.8 Å². The number of hydrogen-bond donors (Lipinski definition) is 2. The quantitative estimate of drug-likeness (QED) is 0.838. The van der Waals surface area contributed by atoms with E-state index in [2.05, 4.69) is 15.0 Å². The highest BCUT2D eigenvalue weighted by Crippen LogP contribution is 2.15. The lowest BCUT2D eigenvalue weighted by Crippen LogP contribution is -2.22. The summed E-state index contributed by atoms with van der Waals surface area (Å²) in [4.78, 5) is 4.19. The number of nitrogens with one attached hydrogen (secondary N) is 2. The standard InChI is InChI=1S/C11H15N3O3S2/c1-8-7-18-10(14-8)6-13-19(15,16)11-4-3-9(17-11)5-12-2/h3-4,7,12-13H,5-6H2,1-2H3. The third-order valence-electron chi connectivity index (χ3n) is 2.33. The van der Waals surface area contributed by atoms with E-state index in [-0.39, 0.29) is 11.6 Å². The summed E-state index contributed by atoms with van der Waals surface area (Å²) < 4.78 is 31.7. The van der Waals surface area contributed by atoms with Gasteiger partial charge < -0.3 is 9.73 Å². The molecule has 2 rings (SSSR count). The molecule has 0 aliphatic rings. The fourth-order valence-corrected chi connectivity index (χ4v) is 3.22. The topological polar surface area (TPSA) is 84.2 Å². The Balaban J connectivity index is 2.04. The van der Waals surface area contributed by atoms with E-state index in [1.807, 2.05) is 12.3 Å². The van der Waals surface area contributed by atoms with Crippen molar-refractivity contribution in [3.05, 3.63) is 34.0 Å². The van der Waals surface area contributed by atoms with E-state index in [0.29, 0.717) is 12.3 Å². The van der Waals surface area contributed by atoms with Crippen LogP contribution < -0.4 is 10.0 Å². The largest absolute Gasteiger partial charge is 0.447 e. The number of sulfonamides is 1. The zero-order chi connectivity index (χ0) is 13.9. The van der Waals surface area contributed by atoms with E-state index in [1.165, 1.54) is 17.4 Å². The van der Waals surface area contributed by atoms with Gasteiger partial charge in [0.05, 0.1) is 13.1 Å². The van der Waals surface area contributed by atoms with Gasteiger partial charge in [-0.1, -0.05) is 0 Å². The Morgan fingerprint density at radius 3 is 2.79 bits per heavy atom. The number of thiazole rings is 1. The molecule has 0 fully saturated rings. The Hall–Kier alpha value is -1.22. The van der Waals surface area contributed by atoms with Crippen LogP contribution in [0.25, 0.3) is 0 Å². The van der Waals surface area contributed by atoms with Crippen LogP contribution in [0.2, 0.25) is 0 Å². The maximum absolute atomic E-state index is 12.0. The van der Waals surface area contributed by atoms with Crippen molar-refractivity contribution in [2.75, 3.05) is 7.05 Å². The fourth-order valence-electron chi connectivity index (χ4n) is 1.48. The molecule has 2 heterocycles. The van der Waals surface area contributed by atoms with E-state index in [4.69, 9.17) is 4.42 Å². The number of furan rings is 1. The second-order valence-electron chi connectivity index (χ2n) is 3.96. The van der Waals surface area contributed by atoms with Crippen LogP contribution in [0, 0.1) is 6.92 Å². The second kappa shape index (κ2) is 5.83. The van der Waals surface area contributed by atoms with Gasteiger partial charge in [0.15, 0.2) is 0 Å². The molecule has 2 N–H and O–H groups in total. The van der Waals surface area contributed by atoms with Gasteiger partial charge in [-0.05, 0) is 26.1 Å². The second-order valence-corrected chi connectivity index (χ2v) is 6.60. The summed E-state index contributed by atoms with van der Waals surface area (Å²) in [5.41, 5.74) is 0.883. The van der Waals surface area contributed by atoms with E-state index >= 15 is 0 Å². The molecule has 0 aliphatic carbocycles. The summed E-state index contributed by atoms with van der Waals surface area (Å²) >= 11 is 1.42. The minimum Gasteiger partial charge on any atom is -0.447 e. The van der Waals surface area contributed by atoms with E-state index in [1.54, 1.807) is 13.1 Å². The first-order valence-corrected chi connectivity index (χ1v) is 8.01. The molecule has 0 saturated carbocycles. The summed E-state index contributed by atoms with van der Waals surface area (Å²) in [6.45, 7) is 2.52.